The van der Waals surface area contributed by atoms with Gasteiger partial charge >= 0.3 is 71.7 Å². The average Bonchev–Trinajstić information content (AvgIpc) is 1.89. The summed E-state index contributed by atoms with van der Waals surface area (Å²) in [5.41, 5.74) is 0. The third kappa shape index (κ3) is 8.77. The standard InChI is InChI=1S/C8H17.Mg.H/c1-3-5-7-8-6-4-2;;/h1,3-8H2,2H3;;/q;+1;-1. The Morgan fingerprint density at radius 2 is 1.56 bits per heavy atom. The van der Waals surface area contributed by atoms with Crippen molar-refractivity contribution >= 4 is 21.7 Å². The summed E-state index contributed by atoms with van der Waals surface area (Å²) in [5.74, 6) is 0. The molecule has 0 aromatic carbocycles. The summed E-state index contributed by atoms with van der Waals surface area (Å²) in [6.45, 7) is 2.27. The van der Waals surface area contributed by atoms with Crippen LogP contribution in [-0.4, -0.2) is 21.7 Å². The molecule has 0 saturated carbocycles. The summed E-state index contributed by atoms with van der Waals surface area (Å²) in [6.07, 6.45) is 8.64. The molecule has 0 amide bonds. The number of hydrogen-bond donors (Lipinski definition) is 0. The van der Waals surface area contributed by atoms with Crippen LogP contribution in [0, 0.1) is 0 Å². The Morgan fingerprint density at radius 3 is 2.11 bits per heavy atom. The van der Waals surface area contributed by atoms with Crippen LogP contribution >= 0.6 is 0 Å². The van der Waals surface area contributed by atoms with Gasteiger partial charge < -0.3 is 1.43 Å². The number of hydrogen-bond acceptors (Lipinski definition) is 0. The van der Waals surface area contributed by atoms with Gasteiger partial charge in [-0.2, -0.15) is 0 Å². The van der Waals surface area contributed by atoms with Crippen molar-refractivity contribution in [3.8, 4) is 0 Å². The van der Waals surface area contributed by atoms with E-state index in [0.717, 1.165) is 0 Å². The Morgan fingerprint density at radius 1 is 1.00 bits per heavy atom. The molecular formula is C8H18Mg. The monoisotopic (exact) mass is 138 g/mol. The minimum Gasteiger partial charge on any atom is -1.00 e. The molecule has 0 saturated heterocycles. The van der Waals surface area contributed by atoms with E-state index in [0.29, 0.717) is 0 Å². The maximum Gasteiger partial charge on any atom is -1.00 e. The van der Waals surface area contributed by atoms with E-state index in [1.165, 1.54) is 43.1 Å². The quantitative estimate of drug-likeness (QED) is 0.391. The molecule has 0 aliphatic carbocycles. The van der Waals surface area contributed by atoms with Crippen LogP contribution in [0.25, 0.3) is 0 Å². The second-order valence-electron chi connectivity index (χ2n) is 2.62. The molecule has 0 bridgehead atoms. The van der Waals surface area contributed by atoms with Gasteiger partial charge in [-0.25, -0.2) is 0 Å². The van der Waals surface area contributed by atoms with Gasteiger partial charge in [0.25, 0.3) is 0 Å². The van der Waals surface area contributed by atoms with E-state index in [1.807, 2.05) is 0 Å². The molecule has 0 aliphatic heterocycles. The zero-order valence-corrected chi connectivity index (χ0v) is 8.07. The zero-order chi connectivity index (χ0) is 6.95. The van der Waals surface area contributed by atoms with Gasteiger partial charge in [0, 0.05) is 0 Å². The second kappa shape index (κ2) is 8.77. The van der Waals surface area contributed by atoms with E-state index in [1.54, 1.807) is 0 Å². The van der Waals surface area contributed by atoms with E-state index < -0.39 is 0 Å². The molecule has 0 atom stereocenters. The Balaban J connectivity index is 0. The molecule has 1 heteroatoms. The summed E-state index contributed by atoms with van der Waals surface area (Å²) < 4.78 is 1.39. The maximum absolute atomic E-state index is 2.27. The summed E-state index contributed by atoms with van der Waals surface area (Å²) in [6, 6.07) is 0. The van der Waals surface area contributed by atoms with Crippen LogP contribution in [0.3, 0.4) is 0 Å². The molecule has 0 unspecified atom stereocenters. The Labute approximate surface area is 73.3 Å². The molecule has 9 heavy (non-hydrogen) atoms. The van der Waals surface area contributed by atoms with Crippen LogP contribution in [0.4, 0.5) is 0 Å². The van der Waals surface area contributed by atoms with Crippen molar-refractivity contribution in [3.05, 3.63) is 0 Å². The predicted octanol–water partition coefficient (Wildman–Crippen LogP) is 3.05. The molecule has 0 nitrogen and oxygen atoms in total. The molecule has 0 rings (SSSR count). The first-order valence-corrected chi connectivity index (χ1v) is 5.21. The van der Waals surface area contributed by atoms with Crippen molar-refractivity contribution in [2.45, 2.75) is 50.0 Å². The first-order chi connectivity index (χ1) is 4.41. The Bertz CT molecular complexity index is 42.5. The third-order valence-corrected chi connectivity index (χ3v) is 2.10. The summed E-state index contributed by atoms with van der Waals surface area (Å²) in [5, 5.41) is 0. The topological polar surface area (TPSA) is 0 Å². The van der Waals surface area contributed by atoms with Crippen LogP contribution in [0.15, 0.2) is 0 Å². The third-order valence-electron chi connectivity index (χ3n) is 1.60. The number of rotatable bonds is 6. The van der Waals surface area contributed by atoms with Crippen LogP contribution in [0.1, 0.15) is 46.9 Å². The molecule has 0 N–H and O–H groups in total. The van der Waals surface area contributed by atoms with E-state index in [9.17, 15) is 0 Å². The smallest absolute Gasteiger partial charge is 1.00 e. The molecule has 0 heterocycles. The Hall–Kier alpha value is 0.766. The minimum absolute atomic E-state index is 0. The molecular weight excluding hydrogens is 120 g/mol. The molecule has 0 aromatic rings. The van der Waals surface area contributed by atoms with E-state index in [4.69, 9.17) is 0 Å². The number of unbranched alkanes of at least 4 members (excludes halogenated alkanes) is 5. The van der Waals surface area contributed by atoms with Gasteiger partial charge in [0.1, 0.15) is 0 Å². The van der Waals surface area contributed by atoms with Crippen molar-refractivity contribution in [2.24, 2.45) is 0 Å². The first-order valence-electron chi connectivity index (χ1n) is 4.21. The fourth-order valence-electron chi connectivity index (χ4n) is 0.957. The van der Waals surface area contributed by atoms with Crippen LogP contribution in [-0.2, 0) is 0 Å². The van der Waals surface area contributed by atoms with Gasteiger partial charge in [0.05, 0.1) is 0 Å². The summed E-state index contributed by atoms with van der Waals surface area (Å²) >= 11 is 2.09. The zero-order valence-electron chi connectivity index (χ0n) is 7.66. The molecule has 0 radical (unpaired) electrons. The minimum atomic E-state index is 0. The van der Waals surface area contributed by atoms with Crippen LogP contribution in [0.5, 0.6) is 0 Å². The van der Waals surface area contributed by atoms with Crippen molar-refractivity contribution in [3.63, 3.8) is 0 Å². The van der Waals surface area contributed by atoms with Gasteiger partial charge in [-0.3, -0.25) is 0 Å². The normalized spacial score (nSPS) is 10.1. The summed E-state index contributed by atoms with van der Waals surface area (Å²) in [4.78, 5) is 0. The van der Waals surface area contributed by atoms with Gasteiger partial charge in [0.2, 0.25) is 0 Å². The van der Waals surface area contributed by atoms with Gasteiger partial charge in [-0.1, -0.05) is 0 Å². The van der Waals surface area contributed by atoms with E-state index in [2.05, 4.69) is 28.6 Å². The van der Waals surface area contributed by atoms with Crippen molar-refractivity contribution < 1.29 is 1.43 Å². The molecule has 52 valence electrons. The van der Waals surface area contributed by atoms with Crippen LogP contribution < -0.4 is 0 Å². The predicted molar refractivity (Wildman–Crippen MR) is 45.0 cm³/mol. The second-order valence-corrected chi connectivity index (χ2v) is 3.33. The summed E-state index contributed by atoms with van der Waals surface area (Å²) in [7, 11) is 0. The first kappa shape index (κ1) is 9.77. The molecule has 0 fully saturated rings. The Kier molecular flexibility index (Phi) is 9.51. The van der Waals surface area contributed by atoms with Gasteiger partial charge in [-0.05, 0) is 0 Å². The molecule has 0 aliphatic rings. The average molecular weight is 139 g/mol. The maximum atomic E-state index is 2.27. The molecule has 0 aromatic heterocycles. The fraction of sp³-hybridized carbons (Fsp3) is 1.00. The van der Waals surface area contributed by atoms with E-state index in [-0.39, 0.29) is 1.43 Å². The van der Waals surface area contributed by atoms with Crippen molar-refractivity contribution in [1.82, 2.24) is 0 Å². The van der Waals surface area contributed by atoms with Crippen LogP contribution in [0.2, 0.25) is 4.55 Å². The van der Waals surface area contributed by atoms with Crippen molar-refractivity contribution in [1.29, 1.82) is 0 Å². The largest absolute Gasteiger partial charge is 1.00 e. The van der Waals surface area contributed by atoms with Crippen molar-refractivity contribution in [2.75, 3.05) is 0 Å². The molecule has 0 spiro atoms. The fourth-order valence-corrected chi connectivity index (χ4v) is 1.31. The van der Waals surface area contributed by atoms with E-state index >= 15 is 0 Å². The van der Waals surface area contributed by atoms with Gasteiger partial charge in [0.15, 0.2) is 0 Å². The van der Waals surface area contributed by atoms with Gasteiger partial charge in [-0.15, -0.1) is 0 Å². The SMILES string of the molecule is CCCCCCC[CH2][Mg+].[H-].